The minimum absolute atomic E-state index is 0.109. The fourth-order valence-corrected chi connectivity index (χ4v) is 5.08. The predicted molar refractivity (Wildman–Crippen MR) is 110 cm³/mol. The fourth-order valence-electron chi connectivity index (χ4n) is 3.98. The molecule has 2 aliphatic heterocycles. The van der Waals surface area contributed by atoms with Gasteiger partial charge < -0.3 is 14.5 Å². The molecule has 1 aromatic heterocycles. The number of ether oxygens (including phenoxy) is 1. The highest BCUT2D eigenvalue weighted by Crippen LogP contribution is 2.34. The SMILES string of the molecule is O=C(c1cccc(F)c1)N1CCc2cc(OCCCN3CCCCC3)sc2C1. The van der Waals surface area contributed by atoms with Crippen molar-refractivity contribution in [1.29, 1.82) is 0 Å². The summed E-state index contributed by atoms with van der Waals surface area (Å²) in [5, 5.41) is 0.948. The van der Waals surface area contributed by atoms with Crippen molar-refractivity contribution in [3.8, 4) is 5.06 Å². The highest BCUT2D eigenvalue weighted by atomic mass is 32.1. The van der Waals surface area contributed by atoms with Crippen LogP contribution >= 0.6 is 11.3 Å². The molecule has 0 spiro atoms. The molecule has 0 unspecified atom stereocenters. The Kier molecular flexibility index (Phi) is 6.27. The second-order valence-electron chi connectivity index (χ2n) is 7.61. The molecule has 28 heavy (non-hydrogen) atoms. The summed E-state index contributed by atoms with van der Waals surface area (Å²) in [6.45, 7) is 5.54. The van der Waals surface area contributed by atoms with Gasteiger partial charge in [-0.15, -0.1) is 11.3 Å². The standard InChI is InChI=1S/C22H27FN2O2S/c23-19-7-4-6-18(14-19)22(26)25-12-8-17-15-21(28-20(17)16-25)27-13-5-11-24-9-2-1-3-10-24/h4,6-7,14-15H,1-3,5,8-13,16H2. The fraction of sp³-hybridized carbons (Fsp3) is 0.500. The first kappa shape index (κ1) is 19.4. The molecular weight excluding hydrogens is 375 g/mol. The van der Waals surface area contributed by atoms with E-state index in [2.05, 4.69) is 11.0 Å². The van der Waals surface area contributed by atoms with Gasteiger partial charge in [-0.25, -0.2) is 4.39 Å². The van der Waals surface area contributed by atoms with E-state index in [0.717, 1.165) is 31.1 Å². The summed E-state index contributed by atoms with van der Waals surface area (Å²) in [6, 6.07) is 8.05. The van der Waals surface area contributed by atoms with Crippen molar-refractivity contribution in [2.75, 3.05) is 32.8 Å². The monoisotopic (exact) mass is 402 g/mol. The number of hydrogen-bond acceptors (Lipinski definition) is 4. The average Bonchev–Trinajstić information content (AvgIpc) is 3.13. The Hall–Kier alpha value is -1.92. The molecule has 1 saturated heterocycles. The van der Waals surface area contributed by atoms with E-state index in [1.807, 2.05) is 0 Å². The number of hydrogen-bond donors (Lipinski definition) is 0. The normalized spacial score (nSPS) is 17.4. The van der Waals surface area contributed by atoms with Crippen LogP contribution < -0.4 is 4.74 Å². The van der Waals surface area contributed by atoms with Gasteiger partial charge in [0, 0.05) is 23.5 Å². The Morgan fingerprint density at radius 1 is 1.14 bits per heavy atom. The summed E-state index contributed by atoms with van der Waals surface area (Å²) in [7, 11) is 0. The number of thiophene rings is 1. The summed E-state index contributed by atoms with van der Waals surface area (Å²) < 4.78 is 19.4. The maximum absolute atomic E-state index is 13.4. The largest absolute Gasteiger partial charge is 0.484 e. The lowest BCUT2D eigenvalue weighted by Gasteiger charge is -2.26. The van der Waals surface area contributed by atoms with Gasteiger partial charge in [0.1, 0.15) is 5.82 Å². The van der Waals surface area contributed by atoms with Crippen LogP contribution in [0.15, 0.2) is 30.3 Å². The molecule has 0 bridgehead atoms. The molecule has 2 aromatic rings. The molecule has 1 aromatic carbocycles. The zero-order valence-corrected chi connectivity index (χ0v) is 17.0. The van der Waals surface area contributed by atoms with Crippen LogP contribution in [0.5, 0.6) is 5.06 Å². The Labute approximate surface area is 169 Å². The first-order valence-electron chi connectivity index (χ1n) is 10.2. The number of benzene rings is 1. The second-order valence-corrected chi connectivity index (χ2v) is 8.70. The molecule has 0 aliphatic carbocycles. The van der Waals surface area contributed by atoms with Gasteiger partial charge in [-0.3, -0.25) is 4.79 Å². The summed E-state index contributed by atoms with van der Waals surface area (Å²) in [4.78, 5) is 18.2. The lowest BCUT2D eigenvalue weighted by molar-refractivity contribution is 0.0736. The van der Waals surface area contributed by atoms with E-state index >= 15 is 0 Å². The maximum atomic E-state index is 13.4. The second kappa shape index (κ2) is 9.05. The number of carbonyl (C=O) groups is 1. The topological polar surface area (TPSA) is 32.8 Å². The lowest BCUT2D eigenvalue weighted by atomic mass is 10.1. The molecule has 0 atom stereocenters. The van der Waals surface area contributed by atoms with Crippen LogP contribution in [0.1, 0.15) is 46.5 Å². The first-order valence-corrected chi connectivity index (χ1v) is 11.0. The third-order valence-electron chi connectivity index (χ3n) is 5.53. The van der Waals surface area contributed by atoms with Crippen molar-refractivity contribution in [2.45, 2.75) is 38.6 Å². The van der Waals surface area contributed by atoms with Crippen LogP contribution in [0.4, 0.5) is 4.39 Å². The van der Waals surface area contributed by atoms with Gasteiger partial charge in [0.05, 0.1) is 13.2 Å². The summed E-state index contributed by atoms with van der Waals surface area (Å²) >= 11 is 1.64. The van der Waals surface area contributed by atoms with Gasteiger partial charge in [-0.2, -0.15) is 0 Å². The van der Waals surface area contributed by atoms with Crippen molar-refractivity contribution in [1.82, 2.24) is 9.80 Å². The number of carbonyl (C=O) groups excluding carboxylic acids is 1. The molecule has 6 heteroatoms. The Balaban J connectivity index is 1.29. The third-order valence-corrected chi connectivity index (χ3v) is 6.60. The maximum Gasteiger partial charge on any atom is 0.254 e. The summed E-state index contributed by atoms with van der Waals surface area (Å²) in [5.41, 5.74) is 1.69. The van der Waals surface area contributed by atoms with Gasteiger partial charge in [0.25, 0.3) is 5.91 Å². The van der Waals surface area contributed by atoms with Crippen molar-refractivity contribution in [3.63, 3.8) is 0 Å². The van der Waals surface area contributed by atoms with E-state index in [-0.39, 0.29) is 11.7 Å². The molecule has 0 saturated carbocycles. The molecule has 4 nitrogen and oxygen atoms in total. The molecule has 4 rings (SSSR count). The zero-order chi connectivity index (χ0) is 19.3. The van der Waals surface area contributed by atoms with Crippen LogP contribution in [0.25, 0.3) is 0 Å². The first-order chi connectivity index (χ1) is 13.7. The van der Waals surface area contributed by atoms with Crippen molar-refractivity contribution >= 4 is 17.2 Å². The molecule has 2 aliphatic rings. The van der Waals surface area contributed by atoms with E-state index < -0.39 is 0 Å². The highest BCUT2D eigenvalue weighted by Gasteiger charge is 2.24. The van der Waals surface area contributed by atoms with E-state index in [1.165, 1.54) is 54.9 Å². The van der Waals surface area contributed by atoms with E-state index in [1.54, 1.807) is 28.4 Å². The van der Waals surface area contributed by atoms with Crippen molar-refractivity contribution in [2.24, 2.45) is 0 Å². The number of halogens is 1. The molecule has 150 valence electrons. The number of nitrogens with zero attached hydrogens (tertiary/aromatic N) is 2. The Morgan fingerprint density at radius 3 is 2.82 bits per heavy atom. The minimum atomic E-state index is -0.375. The van der Waals surface area contributed by atoms with Crippen molar-refractivity contribution in [3.05, 3.63) is 52.2 Å². The van der Waals surface area contributed by atoms with Crippen molar-refractivity contribution < 1.29 is 13.9 Å². The smallest absolute Gasteiger partial charge is 0.254 e. The molecule has 1 fully saturated rings. The van der Waals surface area contributed by atoms with Crippen LogP contribution in [0.3, 0.4) is 0 Å². The van der Waals surface area contributed by atoms with Gasteiger partial charge in [0.2, 0.25) is 0 Å². The summed E-state index contributed by atoms with van der Waals surface area (Å²) in [6.07, 6.45) is 5.88. The zero-order valence-electron chi connectivity index (χ0n) is 16.2. The van der Waals surface area contributed by atoms with Gasteiger partial charge in [-0.1, -0.05) is 12.5 Å². The van der Waals surface area contributed by atoms with E-state index in [9.17, 15) is 9.18 Å². The highest BCUT2D eigenvalue weighted by molar-refractivity contribution is 7.14. The molecule has 1 amide bonds. The van der Waals surface area contributed by atoms with Crippen LogP contribution in [-0.2, 0) is 13.0 Å². The number of fused-ring (bicyclic) bond motifs is 1. The van der Waals surface area contributed by atoms with Crippen LogP contribution in [-0.4, -0.2) is 48.5 Å². The van der Waals surface area contributed by atoms with E-state index in [0.29, 0.717) is 18.7 Å². The average molecular weight is 403 g/mol. The number of piperidine rings is 1. The molecule has 0 radical (unpaired) electrons. The van der Waals surface area contributed by atoms with Crippen LogP contribution in [0, 0.1) is 5.82 Å². The quantitative estimate of drug-likeness (QED) is 0.674. The number of likely N-dealkylation sites (tertiary alicyclic amines) is 1. The molecule has 0 N–H and O–H groups in total. The third kappa shape index (κ3) is 4.73. The van der Waals surface area contributed by atoms with Gasteiger partial charge in [-0.05, 0) is 68.6 Å². The number of rotatable bonds is 6. The van der Waals surface area contributed by atoms with Gasteiger partial charge in [0.15, 0.2) is 5.06 Å². The number of amides is 1. The molecule has 3 heterocycles. The van der Waals surface area contributed by atoms with Crippen LogP contribution in [0.2, 0.25) is 0 Å². The lowest BCUT2D eigenvalue weighted by Crippen LogP contribution is -2.35. The molecular formula is C22H27FN2O2S. The van der Waals surface area contributed by atoms with Gasteiger partial charge >= 0.3 is 0 Å². The van der Waals surface area contributed by atoms with E-state index in [4.69, 9.17) is 4.74 Å². The predicted octanol–water partition coefficient (Wildman–Crippen LogP) is 4.34. The Morgan fingerprint density at radius 2 is 2.00 bits per heavy atom. The Bertz CT molecular complexity index is 817. The summed E-state index contributed by atoms with van der Waals surface area (Å²) in [5.74, 6) is -0.484. The minimum Gasteiger partial charge on any atom is -0.484 e.